The van der Waals surface area contributed by atoms with Crippen LogP contribution in [-0.2, 0) is 30.3 Å². The molecular weight excluding hydrogens is 562 g/mol. The van der Waals surface area contributed by atoms with Crippen molar-refractivity contribution >= 4 is 3.26 Å². The predicted octanol–water partition coefficient (Wildman–Crippen LogP) is 0.245. The van der Waals surface area contributed by atoms with Crippen molar-refractivity contribution in [3.8, 4) is 11.1 Å². The van der Waals surface area contributed by atoms with Gasteiger partial charge in [-0.3, -0.25) is 0 Å². The molecule has 0 bridgehead atoms. The molecule has 0 fully saturated rings. The maximum atomic E-state index is 3.30. The molecule has 0 radical (unpaired) electrons. The van der Waals surface area contributed by atoms with E-state index in [1.165, 1.54) is 55.0 Å². The topological polar surface area (TPSA) is 0 Å². The Hall–Kier alpha value is -1.67. The molecule has 0 saturated heterocycles. The van der Waals surface area contributed by atoms with Crippen LogP contribution in [0, 0.1) is 6.07 Å². The molecule has 1 aliphatic rings. The van der Waals surface area contributed by atoms with Crippen molar-refractivity contribution in [2.24, 2.45) is 0 Å². The van der Waals surface area contributed by atoms with Crippen LogP contribution in [0.3, 0.4) is 0 Å². The second kappa shape index (κ2) is 13.5. The third-order valence-corrected chi connectivity index (χ3v) is 5.42. The SMILES string of the molecule is C[C](=[Hf+2])c1ccccc1.[Cl-].[Cl-].[c-]1cccc2c1Cc1ccccc1-2.c1cc[cH-]c1. The molecule has 146 valence electrons. The van der Waals surface area contributed by atoms with Crippen LogP contribution in [0.2, 0.25) is 0 Å². The van der Waals surface area contributed by atoms with Gasteiger partial charge >= 0.3 is 70.0 Å². The van der Waals surface area contributed by atoms with E-state index < -0.39 is 0 Å². The summed E-state index contributed by atoms with van der Waals surface area (Å²) < 4.78 is 1.51. The van der Waals surface area contributed by atoms with E-state index in [-0.39, 0.29) is 24.8 Å². The molecule has 0 unspecified atom stereocenters. The van der Waals surface area contributed by atoms with Gasteiger partial charge in [0.2, 0.25) is 0 Å². The summed E-state index contributed by atoms with van der Waals surface area (Å²) in [6, 6.07) is 38.6. The molecule has 0 aliphatic heterocycles. The fourth-order valence-electron chi connectivity index (χ4n) is 3.01. The fourth-order valence-corrected chi connectivity index (χ4v) is 3.61. The summed E-state index contributed by atoms with van der Waals surface area (Å²) in [5.41, 5.74) is 6.90. The molecule has 0 saturated carbocycles. The average molecular weight is 584 g/mol. The molecule has 29 heavy (non-hydrogen) atoms. The Morgan fingerprint density at radius 2 is 1.41 bits per heavy atom. The first-order valence-electron chi connectivity index (χ1n) is 9.11. The van der Waals surface area contributed by atoms with E-state index in [1.807, 2.05) is 42.5 Å². The van der Waals surface area contributed by atoms with Gasteiger partial charge in [-0.2, -0.15) is 48.0 Å². The van der Waals surface area contributed by atoms with Crippen molar-refractivity contribution in [3.05, 3.63) is 126 Å². The molecule has 4 aromatic carbocycles. The summed E-state index contributed by atoms with van der Waals surface area (Å²) in [7, 11) is 0. The van der Waals surface area contributed by atoms with Crippen molar-refractivity contribution in [3.63, 3.8) is 0 Å². The van der Waals surface area contributed by atoms with Gasteiger partial charge in [0.05, 0.1) is 0 Å². The molecule has 0 N–H and O–H groups in total. The van der Waals surface area contributed by atoms with Crippen LogP contribution >= 0.6 is 0 Å². The van der Waals surface area contributed by atoms with Gasteiger partial charge in [-0.1, -0.05) is 35.4 Å². The third kappa shape index (κ3) is 7.59. The summed E-state index contributed by atoms with van der Waals surface area (Å²) in [6.45, 7) is 2.18. The average Bonchev–Trinajstić information content (AvgIpc) is 3.41. The van der Waals surface area contributed by atoms with Crippen LogP contribution in [0.4, 0.5) is 0 Å². The zero-order valence-corrected chi connectivity index (χ0v) is 21.4. The first-order chi connectivity index (χ1) is 13.3. The minimum absolute atomic E-state index is 0. The summed E-state index contributed by atoms with van der Waals surface area (Å²) in [6.07, 6.45) is 1.05. The number of fused-ring (bicyclic) bond motifs is 3. The van der Waals surface area contributed by atoms with E-state index in [1.54, 1.807) is 0 Å². The Balaban J connectivity index is 0.000000231. The minimum atomic E-state index is 0. The van der Waals surface area contributed by atoms with E-state index in [0.29, 0.717) is 0 Å². The molecule has 0 heterocycles. The third-order valence-electron chi connectivity index (χ3n) is 4.38. The van der Waals surface area contributed by atoms with Crippen LogP contribution in [0.15, 0.2) is 103 Å². The molecule has 0 aromatic heterocycles. The Morgan fingerprint density at radius 3 is 2.00 bits per heavy atom. The fraction of sp³-hybridized carbons (Fsp3) is 0.0769. The standard InChI is InChI=1S/C13H9.C8H8.C5H5.2ClH.Hf/c1-3-7-12-10(5-1)9-11-6-2-4-8-13(11)12;1-2-8-6-4-3-5-7-8;1-2-4-5-3-1;;;/h1-5,7-8H,9H2;3-7H,1H3;1-5H;2*1H;/q-1;;-1;;;+2/p-2. The molecular formula is C26H22Cl2Hf-2. The second-order valence-corrected chi connectivity index (χ2v) is 9.04. The first-order valence-corrected chi connectivity index (χ1v) is 10.9. The number of rotatable bonds is 1. The minimum Gasteiger partial charge on any atom is -1.00 e. The number of hydrogen-bond donors (Lipinski definition) is 0. The van der Waals surface area contributed by atoms with E-state index in [2.05, 4.69) is 73.7 Å². The van der Waals surface area contributed by atoms with Crippen molar-refractivity contribution in [1.29, 1.82) is 0 Å². The predicted molar refractivity (Wildman–Crippen MR) is 112 cm³/mol. The zero-order valence-electron chi connectivity index (χ0n) is 16.3. The second-order valence-electron chi connectivity index (χ2n) is 6.35. The van der Waals surface area contributed by atoms with Gasteiger partial charge in [0.15, 0.2) is 0 Å². The van der Waals surface area contributed by atoms with Crippen molar-refractivity contribution in [2.75, 3.05) is 0 Å². The van der Waals surface area contributed by atoms with Crippen LogP contribution in [0.1, 0.15) is 23.6 Å². The maximum Gasteiger partial charge on any atom is -0.0253 e. The summed E-state index contributed by atoms with van der Waals surface area (Å²) in [5.74, 6) is 0. The number of halogens is 2. The molecule has 5 rings (SSSR count). The van der Waals surface area contributed by atoms with Gasteiger partial charge in [-0.05, 0) is 6.42 Å². The summed E-state index contributed by atoms with van der Waals surface area (Å²) >= 11 is 1.17. The van der Waals surface area contributed by atoms with Gasteiger partial charge in [-0.25, -0.2) is 12.1 Å². The smallest absolute Gasteiger partial charge is 0.0253 e. The van der Waals surface area contributed by atoms with Crippen LogP contribution in [0.25, 0.3) is 11.1 Å². The Kier molecular flexibility index (Phi) is 11.8. The molecule has 4 aromatic rings. The van der Waals surface area contributed by atoms with Crippen molar-refractivity contribution in [1.82, 2.24) is 0 Å². The van der Waals surface area contributed by atoms with Crippen LogP contribution in [0.5, 0.6) is 0 Å². The van der Waals surface area contributed by atoms with Crippen LogP contribution < -0.4 is 24.8 Å². The monoisotopic (exact) mass is 584 g/mol. The van der Waals surface area contributed by atoms with Crippen molar-refractivity contribution in [2.45, 2.75) is 13.3 Å². The first kappa shape index (κ1) is 25.4. The van der Waals surface area contributed by atoms with Gasteiger partial charge in [0.25, 0.3) is 0 Å². The van der Waals surface area contributed by atoms with Crippen molar-refractivity contribution < 1.29 is 48.7 Å². The summed E-state index contributed by atoms with van der Waals surface area (Å²) in [5, 5.41) is 0. The maximum absolute atomic E-state index is 3.30. The van der Waals surface area contributed by atoms with Gasteiger partial charge in [0, 0.05) is 0 Å². The van der Waals surface area contributed by atoms with Crippen LogP contribution in [-0.4, -0.2) is 3.26 Å². The molecule has 1 aliphatic carbocycles. The molecule has 0 atom stereocenters. The van der Waals surface area contributed by atoms with Gasteiger partial charge in [-0.15, -0.1) is 5.56 Å². The van der Waals surface area contributed by atoms with E-state index in [0.717, 1.165) is 6.42 Å². The Bertz CT molecular complexity index is 916. The molecule has 0 nitrogen and oxygen atoms in total. The normalized spacial score (nSPS) is 9.76. The Labute approximate surface area is 201 Å². The number of hydrogen-bond acceptors (Lipinski definition) is 0. The Morgan fingerprint density at radius 1 is 0.793 bits per heavy atom. The van der Waals surface area contributed by atoms with E-state index >= 15 is 0 Å². The summed E-state index contributed by atoms with van der Waals surface area (Å²) in [4.78, 5) is 0. The van der Waals surface area contributed by atoms with Gasteiger partial charge < -0.3 is 24.8 Å². The van der Waals surface area contributed by atoms with Gasteiger partial charge in [0.1, 0.15) is 0 Å². The van der Waals surface area contributed by atoms with E-state index in [4.69, 9.17) is 0 Å². The largest absolute Gasteiger partial charge is 1.00 e. The molecule has 0 spiro atoms. The number of benzene rings is 3. The van der Waals surface area contributed by atoms with E-state index in [9.17, 15) is 0 Å². The quantitative estimate of drug-likeness (QED) is 0.196. The zero-order chi connectivity index (χ0) is 18.9. The molecule has 0 amide bonds. The molecule has 3 heteroatoms.